The molecule has 0 saturated carbocycles. The van der Waals surface area contributed by atoms with E-state index >= 15 is 0 Å². The number of aromatic nitrogens is 1. The molecule has 2 aromatic rings. The third-order valence-electron chi connectivity index (χ3n) is 6.10. The zero-order valence-corrected chi connectivity index (χ0v) is 21.3. The van der Waals surface area contributed by atoms with Crippen molar-refractivity contribution in [2.75, 3.05) is 13.2 Å². The van der Waals surface area contributed by atoms with Crippen molar-refractivity contribution in [2.45, 2.75) is 98.4 Å². The Kier molecular flexibility index (Phi) is 11.8. The predicted octanol–water partition coefficient (Wildman–Crippen LogP) is 7.85. The molecule has 0 aliphatic rings. The molecule has 0 aliphatic heterocycles. The minimum absolute atomic E-state index is 0.0891. The molecule has 0 N–H and O–H groups in total. The van der Waals surface area contributed by atoms with Crippen molar-refractivity contribution in [3.05, 3.63) is 34.0 Å². The van der Waals surface area contributed by atoms with Crippen LogP contribution in [0.5, 0.6) is 5.75 Å². The molecule has 0 saturated heterocycles. The van der Waals surface area contributed by atoms with Gasteiger partial charge in [-0.15, -0.1) is 0 Å². The number of hydrogen-bond acceptors (Lipinski definition) is 4. The van der Waals surface area contributed by atoms with Crippen LogP contribution in [0.2, 0.25) is 0 Å². The molecule has 0 radical (unpaired) electrons. The summed E-state index contributed by atoms with van der Waals surface area (Å²) in [5.41, 5.74) is 3.73. The van der Waals surface area contributed by atoms with Gasteiger partial charge < -0.3 is 14.0 Å². The Morgan fingerprint density at radius 1 is 0.844 bits per heavy atom. The van der Waals surface area contributed by atoms with E-state index in [1.54, 1.807) is 0 Å². The maximum absolute atomic E-state index is 11.1. The summed E-state index contributed by atoms with van der Waals surface area (Å²) in [5, 5.41) is 1.16. The highest BCUT2D eigenvalue weighted by atomic mass is 32.1. The molecule has 0 aliphatic carbocycles. The van der Waals surface area contributed by atoms with Gasteiger partial charge in [-0.3, -0.25) is 4.79 Å². The number of ether oxygens (including phenoxy) is 2. The van der Waals surface area contributed by atoms with E-state index in [0.717, 1.165) is 48.2 Å². The van der Waals surface area contributed by atoms with Crippen LogP contribution in [0, 0.1) is 18.5 Å². The fourth-order valence-electron chi connectivity index (χ4n) is 3.97. The Bertz CT molecular complexity index is 919. The molecule has 1 heterocycles. The second-order valence-electron chi connectivity index (χ2n) is 8.65. The van der Waals surface area contributed by atoms with Gasteiger partial charge in [0, 0.05) is 24.4 Å². The van der Waals surface area contributed by atoms with Crippen molar-refractivity contribution in [1.29, 1.82) is 0 Å². The molecule has 2 rings (SSSR count). The zero-order valence-electron chi connectivity index (χ0n) is 20.5. The van der Waals surface area contributed by atoms with Crippen molar-refractivity contribution < 1.29 is 14.3 Å². The van der Waals surface area contributed by atoms with Crippen LogP contribution in [-0.4, -0.2) is 23.8 Å². The standard InChI is InChI=1S/C27H41NO3S/c1-5-27(29)31-17-15-13-11-9-7-8-10-12-14-16-30-25-20-26(32)28(6-2)24-19-22(4)21(3)18-23(24)25/h18-20H,5-17H2,1-4H3. The Labute approximate surface area is 199 Å². The van der Waals surface area contributed by atoms with Crippen LogP contribution in [0.1, 0.15) is 89.2 Å². The fraction of sp³-hybridized carbons (Fsp3) is 0.630. The minimum atomic E-state index is -0.0891. The van der Waals surface area contributed by atoms with Crippen molar-refractivity contribution in [3.63, 3.8) is 0 Å². The van der Waals surface area contributed by atoms with E-state index < -0.39 is 0 Å². The maximum Gasteiger partial charge on any atom is 0.305 e. The number of carbonyl (C=O) groups is 1. The molecule has 178 valence electrons. The van der Waals surface area contributed by atoms with Crippen LogP contribution in [0.4, 0.5) is 0 Å². The Hall–Kier alpha value is -1.88. The first-order valence-corrected chi connectivity index (χ1v) is 12.8. The van der Waals surface area contributed by atoms with Gasteiger partial charge >= 0.3 is 5.97 Å². The summed E-state index contributed by atoms with van der Waals surface area (Å²) in [7, 11) is 0. The first kappa shape index (κ1) is 26.4. The predicted molar refractivity (Wildman–Crippen MR) is 136 cm³/mol. The Balaban J connectivity index is 1.65. The number of aryl methyl sites for hydroxylation is 3. The topological polar surface area (TPSA) is 40.5 Å². The lowest BCUT2D eigenvalue weighted by molar-refractivity contribution is -0.143. The molecule has 0 atom stereocenters. The molecule has 4 nitrogen and oxygen atoms in total. The van der Waals surface area contributed by atoms with E-state index in [2.05, 4.69) is 37.5 Å². The van der Waals surface area contributed by atoms with Crippen molar-refractivity contribution in [2.24, 2.45) is 0 Å². The smallest absolute Gasteiger partial charge is 0.305 e. The Morgan fingerprint density at radius 2 is 1.41 bits per heavy atom. The summed E-state index contributed by atoms with van der Waals surface area (Å²) in [6.07, 6.45) is 11.2. The molecule has 5 heteroatoms. The molecule has 0 amide bonds. The number of unbranched alkanes of at least 4 members (excludes halogenated alkanes) is 8. The number of carbonyl (C=O) groups excluding carboxylic acids is 1. The highest BCUT2D eigenvalue weighted by Gasteiger charge is 2.09. The molecular weight excluding hydrogens is 418 g/mol. The van der Waals surface area contributed by atoms with E-state index in [1.165, 1.54) is 55.2 Å². The van der Waals surface area contributed by atoms with Gasteiger partial charge in [-0.1, -0.05) is 64.1 Å². The van der Waals surface area contributed by atoms with Crippen LogP contribution in [0.3, 0.4) is 0 Å². The second kappa shape index (κ2) is 14.3. The highest BCUT2D eigenvalue weighted by Crippen LogP contribution is 2.29. The van der Waals surface area contributed by atoms with Gasteiger partial charge in [0.2, 0.25) is 0 Å². The quantitative estimate of drug-likeness (QED) is 0.154. The van der Waals surface area contributed by atoms with Crippen molar-refractivity contribution in [3.8, 4) is 5.75 Å². The number of esters is 1. The van der Waals surface area contributed by atoms with Crippen LogP contribution >= 0.6 is 12.2 Å². The second-order valence-corrected chi connectivity index (χ2v) is 9.07. The monoisotopic (exact) mass is 459 g/mol. The van der Waals surface area contributed by atoms with Crippen molar-refractivity contribution >= 4 is 29.1 Å². The van der Waals surface area contributed by atoms with E-state index in [0.29, 0.717) is 13.0 Å². The van der Waals surface area contributed by atoms with Gasteiger partial charge in [-0.05, 0) is 56.9 Å². The average Bonchev–Trinajstić information content (AvgIpc) is 2.78. The van der Waals surface area contributed by atoms with E-state index in [-0.39, 0.29) is 5.97 Å². The maximum atomic E-state index is 11.1. The number of nitrogens with zero attached hydrogens (tertiary/aromatic N) is 1. The summed E-state index contributed by atoms with van der Waals surface area (Å²) >= 11 is 5.61. The highest BCUT2D eigenvalue weighted by molar-refractivity contribution is 7.71. The lowest BCUT2D eigenvalue weighted by Crippen LogP contribution is -2.04. The van der Waals surface area contributed by atoms with Gasteiger partial charge in [-0.25, -0.2) is 0 Å². The molecular formula is C27H41NO3S. The number of fused-ring (bicyclic) bond motifs is 1. The van der Waals surface area contributed by atoms with E-state index in [9.17, 15) is 4.79 Å². The van der Waals surface area contributed by atoms with Crippen LogP contribution in [0.15, 0.2) is 18.2 Å². The normalized spacial score (nSPS) is 11.1. The molecule has 0 spiro atoms. The third-order valence-corrected chi connectivity index (χ3v) is 6.44. The summed E-state index contributed by atoms with van der Waals surface area (Å²) in [6.45, 7) is 10.4. The van der Waals surface area contributed by atoms with Crippen LogP contribution in [-0.2, 0) is 16.1 Å². The average molecular weight is 460 g/mol. The Morgan fingerprint density at radius 3 is 2.00 bits per heavy atom. The summed E-state index contributed by atoms with van der Waals surface area (Å²) in [6, 6.07) is 6.47. The minimum Gasteiger partial charge on any atom is -0.493 e. The SMILES string of the molecule is CCC(=O)OCCCCCCCCCCCOc1cc(=S)n(CC)c2cc(C)c(C)cc12. The van der Waals surface area contributed by atoms with Crippen LogP contribution in [0.25, 0.3) is 10.9 Å². The number of rotatable bonds is 15. The molecule has 0 fully saturated rings. The van der Waals surface area contributed by atoms with Gasteiger partial charge in [0.15, 0.2) is 0 Å². The zero-order chi connectivity index (χ0) is 23.3. The van der Waals surface area contributed by atoms with Crippen LogP contribution < -0.4 is 4.74 Å². The molecule has 32 heavy (non-hydrogen) atoms. The van der Waals surface area contributed by atoms with Gasteiger partial charge in [-0.2, -0.15) is 0 Å². The molecule has 0 bridgehead atoms. The number of pyridine rings is 1. The first-order chi connectivity index (χ1) is 15.5. The lowest BCUT2D eigenvalue weighted by Gasteiger charge is -2.16. The lowest BCUT2D eigenvalue weighted by atomic mass is 10.1. The molecule has 1 aromatic carbocycles. The van der Waals surface area contributed by atoms with Crippen molar-refractivity contribution in [1.82, 2.24) is 4.57 Å². The number of benzene rings is 1. The summed E-state index contributed by atoms with van der Waals surface area (Å²) in [4.78, 5) is 11.1. The first-order valence-electron chi connectivity index (χ1n) is 12.4. The summed E-state index contributed by atoms with van der Waals surface area (Å²) in [5.74, 6) is 0.830. The number of hydrogen-bond donors (Lipinski definition) is 0. The molecule has 0 unspecified atom stereocenters. The third kappa shape index (κ3) is 8.23. The largest absolute Gasteiger partial charge is 0.493 e. The van der Waals surface area contributed by atoms with E-state index in [1.807, 2.05) is 13.0 Å². The van der Waals surface area contributed by atoms with Gasteiger partial charge in [0.05, 0.1) is 18.7 Å². The summed E-state index contributed by atoms with van der Waals surface area (Å²) < 4.78 is 14.3. The molecule has 1 aromatic heterocycles. The van der Waals surface area contributed by atoms with Gasteiger partial charge in [0.1, 0.15) is 10.4 Å². The fourth-order valence-corrected chi connectivity index (χ4v) is 4.30. The van der Waals surface area contributed by atoms with Gasteiger partial charge in [0.25, 0.3) is 0 Å². The van der Waals surface area contributed by atoms with E-state index in [4.69, 9.17) is 21.7 Å².